The van der Waals surface area contributed by atoms with Gasteiger partial charge in [-0.25, -0.2) is 9.80 Å². The molecule has 4 N–H and O–H groups in total. The van der Waals surface area contributed by atoms with Crippen LogP contribution in [0.25, 0.3) is 0 Å². The van der Waals surface area contributed by atoms with E-state index in [4.69, 9.17) is 10.5 Å². The molecule has 2 rings (SSSR count). The number of ether oxygens (including phenoxy) is 1. The lowest BCUT2D eigenvalue weighted by atomic mass is 10.1. The summed E-state index contributed by atoms with van der Waals surface area (Å²) < 4.78 is 5.34. The highest BCUT2D eigenvalue weighted by Gasteiger charge is 2.32. The van der Waals surface area contributed by atoms with Gasteiger partial charge in [-0.15, -0.1) is 0 Å². The molecule has 0 aromatic heterocycles. The van der Waals surface area contributed by atoms with Gasteiger partial charge in [0.25, 0.3) is 5.91 Å². The van der Waals surface area contributed by atoms with Gasteiger partial charge in [-0.2, -0.15) is 0 Å². The van der Waals surface area contributed by atoms with E-state index in [1.807, 2.05) is 30.3 Å². The molecule has 148 valence electrons. The quantitative estimate of drug-likeness (QED) is 0.663. The summed E-state index contributed by atoms with van der Waals surface area (Å²) in [5.74, 6) is -1.06. The molecule has 0 bridgehead atoms. The Morgan fingerprint density at radius 1 is 1.33 bits per heavy atom. The molecule has 1 aromatic carbocycles. The number of nitrogens with two attached hydrogens (primary N) is 1. The van der Waals surface area contributed by atoms with Crippen molar-refractivity contribution in [2.45, 2.75) is 45.3 Å². The summed E-state index contributed by atoms with van der Waals surface area (Å²) in [6.45, 7) is 5.77. The fourth-order valence-electron chi connectivity index (χ4n) is 2.70. The Labute approximate surface area is 159 Å². The Hall–Kier alpha value is -2.61. The molecule has 1 aromatic rings. The number of nitrogens with one attached hydrogen (secondary N) is 2. The van der Waals surface area contributed by atoms with Crippen LogP contribution in [0.5, 0.6) is 0 Å². The second-order valence-electron chi connectivity index (χ2n) is 7.64. The first-order valence-electron chi connectivity index (χ1n) is 9.04. The van der Waals surface area contributed by atoms with E-state index in [9.17, 15) is 14.4 Å². The van der Waals surface area contributed by atoms with E-state index >= 15 is 0 Å². The van der Waals surface area contributed by atoms with E-state index in [0.29, 0.717) is 19.4 Å². The van der Waals surface area contributed by atoms with Crippen LogP contribution in [-0.4, -0.2) is 47.6 Å². The van der Waals surface area contributed by atoms with Gasteiger partial charge in [0.2, 0.25) is 5.91 Å². The van der Waals surface area contributed by atoms with Crippen LogP contribution >= 0.6 is 0 Å². The number of carbonyl (C=O) groups is 3. The van der Waals surface area contributed by atoms with Crippen molar-refractivity contribution in [3.05, 3.63) is 35.9 Å². The van der Waals surface area contributed by atoms with Gasteiger partial charge in [0.1, 0.15) is 5.60 Å². The summed E-state index contributed by atoms with van der Waals surface area (Å²) in [5, 5.41) is 3.77. The first-order valence-corrected chi connectivity index (χ1v) is 9.04. The van der Waals surface area contributed by atoms with Crippen LogP contribution in [0.1, 0.15) is 32.8 Å². The summed E-state index contributed by atoms with van der Waals surface area (Å²) >= 11 is 0. The topological polar surface area (TPSA) is 114 Å². The zero-order valence-electron chi connectivity index (χ0n) is 16.0. The molecule has 3 amide bonds. The number of rotatable bonds is 5. The second-order valence-corrected chi connectivity index (χ2v) is 7.64. The van der Waals surface area contributed by atoms with Gasteiger partial charge in [-0.05, 0) is 39.2 Å². The molecule has 1 heterocycles. The van der Waals surface area contributed by atoms with Crippen molar-refractivity contribution in [2.75, 3.05) is 13.1 Å². The third-order valence-electron chi connectivity index (χ3n) is 4.06. The molecule has 8 nitrogen and oxygen atoms in total. The largest absolute Gasteiger partial charge is 0.442 e. The fraction of sp³-hybridized carbons (Fsp3) is 0.526. The molecule has 1 fully saturated rings. The van der Waals surface area contributed by atoms with E-state index in [1.54, 1.807) is 20.8 Å². The number of nitrogens with zero attached hydrogens (tertiary/aromatic N) is 1. The van der Waals surface area contributed by atoms with Crippen molar-refractivity contribution in [1.29, 1.82) is 0 Å². The standard InChI is InChI=1S/C19H28N4O4/c1-19(2,3)27-18(26)23(12-14-9-10-21-16(14)24)22-17(25)15(20)11-13-7-5-4-6-8-13/h4-8,14-15H,9-12,20H2,1-3H3,(H,21,24)(H,22,25)/t14-,15-/m0/s1. The molecule has 0 aliphatic carbocycles. The van der Waals surface area contributed by atoms with Crippen molar-refractivity contribution in [1.82, 2.24) is 15.8 Å². The zero-order chi connectivity index (χ0) is 20.0. The highest BCUT2D eigenvalue weighted by Crippen LogP contribution is 2.14. The van der Waals surface area contributed by atoms with E-state index in [1.165, 1.54) is 0 Å². The molecule has 2 atom stereocenters. The summed E-state index contributed by atoms with van der Waals surface area (Å²) in [6, 6.07) is 8.53. The minimum Gasteiger partial charge on any atom is -0.442 e. The lowest BCUT2D eigenvalue weighted by Crippen LogP contribution is -2.55. The minimum absolute atomic E-state index is 0.0323. The SMILES string of the molecule is CC(C)(C)OC(=O)N(C[C@@H]1CCNC1=O)NC(=O)[C@@H](N)Cc1ccccc1. The van der Waals surface area contributed by atoms with Crippen LogP contribution in [-0.2, 0) is 20.7 Å². The summed E-state index contributed by atoms with van der Waals surface area (Å²) in [4.78, 5) is 36.8. The second kappa shape index (κ2) is 8.85. The molecule has 27 heavy (non-hydrogen) atoms. The van der Waals surface area contributed by atoms with E-state index in [-0.39, 0.29) is 12.5 Å². The van der Waals surface area contributed by atoms with Crippen LogP contribution < -0.4 is 16.5 Å². The summed E-state index contributed by atoms with van der Waals surface area (Å²) in [5.41, 5.74) is 8.70. The third-order valence-corrected chi connectivity index (χ3v) is 4.06. The maximum atomic E-state index is 12.5. The first-order chi connectivity index (χ1) is 12.7. The van der Waals surface area contributed by atoms with Gasteiger partial charge in [-0.1, -0.05) is 30.3 Å². The first kappa shape index (κ1) is 20.7. The van der Waals surface area contributed by atoms with Gasteiger partial charge >= 0.3 is 6.09 Å². The van der Waals surface area contributed by atoms with Gasteiger partial charge < -0.3 is 15.8 Å². The van der Waals surface area contributed by atoms with Crippen LogP contribution in [0, 0.1) is 5.92 Å². The number of carbonyl (C=O) groups excluding carboxylic acids is 3. The van der Waals surface area contributed by atoms with Crippen LogP contribution in [0.2, 0.25) is 0 Å². The van der Waals surface area contributed by atoms with Crippen molar-refractivity contribution in [2.24, 2.45) is 11.7 Å². The Bertz CT molecular complexity index is 672. The number of benzene rings is 1. The van der Waals surface area contributed by atoms with Crippen molar-refractivity contribution >= 4 is 17.9 Å². The summed E-state index contributed by atoms with van der Waals surface area (Å²) in [6.07, 6.45) is 0.200. The van der Waals surface area contributed by atoms with E-state index < -0.39 is 29.6 Å². The maximum absolute atomic E-state index is 12.5. The third kappa shape index (κ3) is 6.56. The monoisotopic (exact) mass is 376 g/mol. The Morgan fingerprint density at radius 3 is 2.56 bits per heavy atom. The molecule has 0 unspecified atom stereocenters. The molecular weight excluding hydrogens is 348 g/mol. The Morgan fingerprint density at radius 2 is 2.00 bits per heavy atom. The van der Waals surface area contributed by atoms with Crippen molar-refractivity contribution in [3.63, 3.8) is 0 Å². The molecule has 1 aliphatic rings. The normalized spacial score (nSPS) is 17.8. The van der Waals surface area contributed by atoms with Crippen molar-refractivity contribution in [3.8, 4) is 0 Å². The maximum Gasteiger partial charge on any atom is 0.429 e. The summed E-state index contributed by atoms with van der Waals surface area (Å²) in [7, 11) is 0. The Balaban J connectivity index is 2.03. The zero-order valence-corrected chi connectivity index (χ0v) is 16.0. The van der Waals surface area contributed by atoms with E-state index in [0.717, 1.165) is 10.6 Å². The van der Waals surface area contributed by atoms with Gasteiger partial charge in [0.15, 0.2) is 0 Å². The smallest absolute Gasteiger partial charge is 0.429 e. The van der Waals surface area contributed by atoms with Crippen LogP contribution in [0.4, 0.5) is 4.79 Å². The molecule has 0 saturated carbocycles. The Kier molecular flexibility index (Phi) is 6.79. The highest BCUT2D eigenvalue weighted by atomic mass is 16.6. The molecule has 0 spiro atoms. The molecule has 1 aliphatic heterocycles. The van der Waals surface area contributed by atoms with E-state index in [2.05, 4.69) is 10.7 Å². The lowest BCUT2D eigenvalue weighted by molar-refractivity contribution is -0.129. The number of amides is 3. The van der Waals surface area contributed by atoms with Gasteiger partial charge in [-0.3, -0.25) is 15.0 Å². The predicted molar refractivity (Wildman–Crippen MR) is 100 cm³/mol. The van der Waals surface area contributed by atoms with Crippen molar-refractivity contribution < 1.29 is 19.1 Å². The van der Waals surface area contributed by atoms with Crippen LogP contribution in [0.3, 0.4) is 0 Å². The van der Waals surface area contributed by atoms with Crippen LogP contribution in [0.15, 0.2) is 30.3 Å². The minimum atomic E-state index is -0.838. The molecule has 8 heteroatoms. The average Bonchev–Trinajstić information content (AvgIpc) is 2.98. The van der Waals surface area contributed by atoms with Gasteiger partial charge in [0.05, 0.1) is 18.5 Å². The van der Waals surface area contributed by atoms with Gasteiger partial charge in [0, 0.05) is 6.54 Å². The molecule has 0 radical (unpaired) electrons. The number of hydrogen-bond donors (Lipinski definition) is 3. The fourth-order valence-corrected chi connectivity index (χ4v) is 2.70. The number of hydrogen-bond acceptors (Lipinski definition) is 5. The molecular formula is C19H28N4O4. The predicted octanol–water partition coefficient (Wildman–Crippen LogP) is 0.961. The molecule has 1 saturated heterocycles. The number of hydrazine groups is 1. The lowest BCUT2D eigenvalue weighted by Gasteiger charge is -2.29. The highest BCUT2D eigenvalue weighted by molar-refractivity contribution is 5.85. The average molecular weight is 376 g/mol.